The van der Waals surface area contributed by atoms with E-state index in [-0.39, 0.29) is 6.10 Å². The van der Waals surface area contributed by atoms with Crippen molar-refractivity contribution >= 4 is 5.96 Å². The number of aryl methyl sites for hydroxylation is 1. The van der Waals surface area contributed by atoms with Crippen molar-refractivity contribution in [3.63, 3.8) is 0 Å². The maximum atomic E-state index is 5.84. The Morgan fingerprint density at radius 1 is 1.04 bits per heavy atom. The highest BCUT2D eigenvalue weighted by Crippen LogP contribution is 2.10. The zero-order chi connectivity index (χ0) is 16.5. The lowest BCUT2D eigenvalue weighted by Gasteiger charge is -2.17. The first-order valence-corrected chi connectivity index (χ1v) is 7.89. The van der Waals surface area contributed by atoms with Crippen molar-refractivity contribution in [3.05, 3.63) is 65.7 Å². The Morgan fingerprint density at radius 3 is 2.39 bits per heavy atom. The van der Waals surface area contributed by atoms with E-state index < -0.39 is 0 Å². The zero-order valence-electron chi connectivity index (χ0n) is 14.0. The number of guanidine groups is 1. The minimum atomic E-state index is 0.0512. The number of hydrogen-bond acceptors (Lipinski definition) is 2. The fourth-order valence-corrected chi connectivity index (χ4v) is 2.13. The predicted molar refractivity (Wildman–Crippen MR) is 95.9 cm³/mol. The Kier molecular flexibility index (Phi) is 6.48. The molecular formula is C19H25N3O. The lowest BCUT2D eigenvalue weighted by molar-refractivity contribution is 0.224. The average molecular weight is 311 g/mol. The van der Waals surface area contributed by atoms with Crippen LogP contribution in [0.15, 0.2) is 59.6 Å². The number of hydrogen-bond donors (Lipinski definition) is 2. The molecular weight excluding hydrogens is 286 g/mol. The third kappa shape index (κ3) is 6.02. The monoisotopic (exact) mass is 311 g/mol. The number of nitrogens with zero attached hydrogens (tertiary/aromatic N) is 1. The summed E-state index contributed by atoms with van der Waals surface area (Å²) in [6.07, 6.45) is 0.0512. The van der Waals surface area contributed by atoms with Gasteiger partial charge in [-0.2, -0.15) is 0 Å². The molecule has 0 amide bonds. The number of rotatable bonds is 6. The van der Waals surface area contributed by atoms with Gasteiger partial charge in [0.1, 0.15) is 11.9 Å². The molecule has 0 bridgehead atoms. The van der Waals surface area contributed by atoms with Crippen molar-refractivity contribution in [3.8, 4) is 5.75 Å². The number of benzene rings is 2. The van der Waals surface area contributed by atoms with E-state index in [2.05, 4.69) is 46.8 Å². The average Bonchev–Trinajstić information content (AvgIpc) is 2.57. The van der Waals surface area contributed by atoms with Crippen molar-refractivity contribution in [1.29, 1.82) is 0 Å². The molecule has 1 atom stereocenters. The van der Waals surface area contributed by atoms with Gasteiger partial charge in [-0.15, -0.1) is 0 Å². The van der Waals surface area contributed by atoms with Gasteiger partial charge in [-0.05, 0) is 31.5 Å². The minimum absolute atomic E-state index is 0.0512. The van der Waals surface area contributed by atoms with Crippen molar-refractivity contribution < 1.29 is 4.74 Å². The molecule has 0 saturated carbocycles. The maximum Gasteiger partial charge on any atom is 0.191 e. The molecule has 1 unspecified atom stereocenters. The molecule has 0 aromatic heterocycles. The SMILES string of the molecule is CN=C(NCc1ccc(C)cc1)NCC(C)Oc1ccccc1. The third-order valence-corrected chi connectivity index (χ3v) is 3.44. The van der Waals surface area contributed by atoms with Crippen LogP contribution in [-0.4, -0.2) is 25.7 Å². The molecule has 0 aliphatic heterocycles. The summed E-state index contributed by atoms with van der Waals surface area (Å²) in [5.41, 5.74) is 2.50. The van der Waals surface area contributed by atoms with Crippen LogP contribution >= 0.6 is 0 Å². The van der Waals surface area contributed by atoms with E-state index in [4.69, 9.17) is 4.74 Å². The van der Waals surface area contributed by atoms with Gasteiger partial charge in [0.2, 0.25) is 0 Å². The Labute approximate surface area is 138 Å². The minimum Gasteiger partial charge on any atom is -0.489 e. The summed E-state index contributed by atoms with van der Waals surface area (Å²) < 4.78 is 5.84. The standard InChI is InChI=1S/C19H25N3O/c1-15-9-11-17(12-10-15)14-22-19(20-3)21-13-16(2)23-18-7-5-4-6-8-18/h4-12,16H,13-14H2,1-3H3,(H2,20,21,22). The summed E-state index contributed by atoms with van der Waals surface area (Å²) in [4.78, 5) is 4.24. The fraction of sp³-hybridized carbons (Fsp3) is 0.316. The van der Waals surface area contributed by atoms with E-state index in [1.54, 1.807) is 7.05 Å². The molecule has 2 N–H and O–H groups in total. The molecule has 0 heterocycles. The Morgan fingerprint density at radius 2 is 1.74 bits per heavy atom. The second-order valence-electron chi connectivity index (χ2n) is 5.53. The first kappa shape index (κ1) is 16.9. The summed E-state index contributed by atoms with van der Waals surface area (Å²) in [7, 11) is 1.77. The van der Waals surface area contributed by atoms with Gasteiger partial charge in [-0.3, -0.25) is 4.99 Å². The molecule has 2 rings (SSSR count). The molecule has 23 heavy (non-hydrogen) atoms. The molecule has 0 spiro atoms. The highest BCUT2D eigenvalue weighted by molar-refractivity contribution is 5.79. The van der Waals surface area contributed by atoms with Crippen molar-refractivity contribution in [2.75, 3.05) is 13.6 Å². The number of aliphatic imine (C=N–C) groups is 1. The van der Waals surface area contributed by atoms with Crippen LogP contribution in [0.4, 0.5) is 0 Å². The fourth-order valence-electron chi connectivity index (χ4n) is 2.13. The normalized spacial score (nSPS) is 12.6. The molecule has 0 saturated heterocycles. The molecule has 2 aromatic rings. The van der Waals surface area contributed by atoms with Gasteiger partial charge < -0.3 is 15.4 Å². The zero-order valence-corrected chi connectivity index (χ0v) is 14.0. The summed E-state index contributed by atoms with van der Waals surface area (Å²) in [6.45, 7) is 5.55. The third-order valence-electron chi connectivity index (χ3n) is 3.44. The van der Waals surface area contributed by atoms with Crippen LogP contribution in [0, 0.1) is 6.92 Å². The molecule has 0 fully saturated rings. The molecule has 122 valence electrons. The van der Waals surface area contributed by atoms with Gasteiger partial charge in [-0.1, -0.05) is 48.0 Å². The van der Waals surface area contributed by atoms with Crippen LogP contribution in [0.3, 0.4) is 0 Å². The quantitative estimate of drug-likeness (QED) is 0.636. The lowest BCUT2D eigenvalue weighted by Crippen LogP contribution is -2.41. The second kappa shape index (κ2) is 8.83. The summed E-state index contributed by atoms with van der Waals surface area (Å²) in [5, 5.41) is 6.59. The number of nitrogens with one attached hydrogen (secondary N) is 2. The first-order chi connectivity index (χ1) is 11.2. The Bertz CT molecular complexity index is 608. The Balaban J connectivity index is 1.75. The predicted octanol–water partition coefficient (Wildman–Crippen LogP) is 3.13. The van der Waals surface area contributed by atoms with Crippen molar-refractivity contribution in [2.24, 2.45) is 4.99 Å². The van der Waals surface area contributed by atoms with Gasteiger partial charge in [0.25, 0.3) is 0 Å². The van der Waals surface area contributed by atoms with E-state index in [1.807, 2.05) is 37.3 Å². The van der Waals surface area contributed by atoms with Crippen LogP contribution < -0.4 is 15.4 Å². The highest BCUT2D eigenvalue weighted by Gasteiger charge is 2.05. The van der Waals surface area contributed by atoms with Crippen LogP contribution in [0.25, 0.3) is 0 Å². The van der Waals surface area contributed by atoms with Crippen LogP contribution in [0.2, 0.25) is 0 Å². The van der Waals surface area contributed by atoms with Crippen LogP contribution in [-0.2, 0) is 6.54 Å². The topological polar surface area (TPSA) is 45.7 Å². The van der Waals surface area contributed by atoms with Gasteiger partial charge in [0.15, 0.2) is 5.96 Å². The van der Waals surface area contributed by atoms with E-state index >= 15 is 0 Å². The summed E-state index contributed by atoms with van der Waals surface area (Å²) >= 11 is 0. The smallest absolute Gasteiger partial charge is 0.191 e. The van der Waals surface area contributed by atoms with Gasteiger partial charge in [0.05, 0.1) is 6.54 Å². The largest absolute Gasteiger partial charge is 0.489 e. The number of ether oxygens (including phenoxy) is 1. The van der Waals surface area contributed by atoms with Gasteiger partial charge in [-0.25, -0.2) is 0 Å². The summed E-state index contributed by atoms with van der Waals surface area (Å²) in [5.74, 6) is 1.65. The van der Waals surface area contributed by atoms with E-state index in [1.165, 1.54) is 11.1 Å². The number of para-hydroxylation sites is 1. The molecule has 4 heteroatoms. The Hall–Kier alpha value is -2.49. The first-order valence-electron chi connectivity index (χ1n) is 7.89. The van der Waals surface area contributed by atoms with Crippen LogP contribution in [0.1, 0.15) is 18.1 Å². The van der Waals surface area contributed by atoms with E-state index in [0.29, 0.717) is 6.54 Å². The van der Waals surface area contributed by atoms with Crippen LogP contribution in [0.5, 0.6) is 5.75 Å². The summed E-state index contributed by atoms with van der Waals surface area (Å²) in [6, 6.07) is 18.3. The molecule has 2 aromatic carbocycles. The maximum absolute atomic E-state index is 5.84. The molecule has 0 aliphatic carbocycles. The van der Waals surface area contributed by atoms with E-state index in [9.17, 15) is 0 Å². The highest BCUT2D eigenvalue weighted by atomic mass is 16.5. The second-order valence-corrected chi connectivity index (χ2v) is 5.53. The molecule has 0 aliphatic rings. The van der Waals surface area contributed by atoms with Gasteiger partial charge in [0, 0.05) is 13.6 Å². The van der Waals surface area contributed by atoms with E-state index in [0.717, 1.165) is 18.3 Å². The van der Waals surface area contributed by atoms with Gasteiger partial charge >= 0.3 is 0 Å². The van der Waals surface area contributed by atoms with Crippen molar-refractivity contribution in [2.45, 2.75) is 26.5 Å². The van der Waals surface area contributed by atoms with Crippen molar-refractivity contribution in [1.82, 2.24) is 10.6 Å². The molecule has 0 radical (unpaired) electrons. The lowest BCUT2D eigenvalue weighted by atomic mass is 10.1. The molecule has 4 nitrogen and oxygen atoms in total.